The van der Waals surface area contributed by atoms with Gasteiger partial charge in [0.15, 0.2) is 0 Å². The highest BCUT2D eigenvalue weighted by Crippen LogP contribution is 2.26. The number of hydrogen-bond donors (Lipinski definition) is 1. The molecule has 19 heavy (non-hydrogen) atoms. The fourth-order valence-electron chi connectivity index (χ4n) is 2.16. The molecule has 0 radical (unpaired) electrons. The van der Waals surface area contributed by atoms with Crippen LogP contribution in [0.2, 0.25) is 5.02 Å². The van der Waals surface area contributed by atoms with Crippen LogP contribution in [0, 0.1) is 0 Å². The van der Waals surface area contributed by atoms with E-state index in [4.69, 9.17) is 11.6 Å². The van der Waals surface area contributed by atoms with E-state index in [0.717, 1.165) is 21.5 Å². The van der Waals surface area contributed by atoms with Gasteiger partial charge in [-0.05, 0) is 49.4 Å². The van der Waals surface area contributed by atoms with Gasteiger partial charge in [0.2, 0.25) is 0 Å². The molecule has 2 atom stereocenters. The molecule has 2 aromatic rings. The van der Waals surface area contributed by atoms with Crippen LogP contribution in [0.25, 0.3) is 0 Å². The first-order chi connectivity index (χ1) is 9.06. The van der Waals surface area contributed by atoms with Gasteiger partial charge in [0.25, 0.3) is 0 Å². The summed E-state index contributed by atoms with van der Waals surface area (Å²) in [4.78, 5) is 1.41. The van der Waals surface area contributed by atoms with Crippen molar-refractivity contribution < 1.29 is 0 Å². The molecule has 0 spiro atoms. The van der Waals surface area contributed by atoms with Gasteiger partial charge in [-0.2, -0.15) is 0 Å². The summed E-state index contributed by atoms with van der Waals surface area (Å²) in [5, 5.41) is 6.53. The summed E-state index contributed by atoms with van der Waals surface area (Å²) < 4.78 is 1.01. The summed E-state index contributed by atoms with van der Waals surface area (Å²) in [6.07, 6.45) is 1.05. The van der Waals surface area contributed by atoms with Gasteiger partial charge < -0.3 is 5.32 Å². The molecule has 0 aliphatic carbocycles. The molecule has 0 amide bonds. The van der Waals surface area contributed by atoms with Gasteiger partial charge in [-0.25, -0.2) is 0 Å². The van der Waals surface area contributed by atoms with E-state index in [1.807, 2.05) is 12.1 Å². The molecule has 1 aromatic carbocycles. The highest BCUT2D eigenvalue weighted by Gasteiger charge is 2.13. The highest BCUT2D eigenvalue weighted by atomic mass is 79.9. The second-order valence-corrected chi connectivity index (χ2v) is 7.09. The van der Waals surface area contributed by atoms with E-state index in [0.29, 0.717) is 6.04 Å². The lowest BCUT2D eigenvalue weighted by atomic mass is 10.1. The summed E-state index contributed by atoms with van der Waals surface area (Å²) in [5.74, 6) is 0. The summed E-state index contributed by atoms with van der Waals surface area (Å²) in [5.41, 5.74) is 1.14. The van der Waals surface area contributed by atoms with E-state index in [1.165, 1.54) is 4.88 Å². The molecule has 1 heterocycles. The zero-order valence-electron chi connectivity index (χ0n) is 11.0. The van der Waals surface area contributed by atoms with Crippen LogP contribution < -0.4 is 5.32 Å². The first-order valence-electron chi connectivity index (χ1n) is 6.29. The number of nitrogens with one attached hydrogen (secondary N) is 1. The zero-order chi connectivity index (χ0) is 13.8. The van der Waals surface area contributed by atoms with Crippen molar-refractivity contribution >= 4 is 38.9 Å². The molecule has 0 aliphatic rings. The molecule has 0 saturated heterocycles. The first kappa shape index (κ1) is 15.0. The Hall–Kier alpha value is -0.350. The predicted octanol–water partition coefficient (Wildman–Crippen LogP) is 5.45. The van der Waals surface area contributed by atoms with Crippen molar-refractivity contribution in [3.05, 3.63) is 55.6 Å². The second-order valence-electron chi connectivity index (χ2n) is 4.74. The molecule has 0 aliphatic heterocycles. The number of hydrogen-bond acceptors (Lipinski definition) is 2. The molecule has 0 saturated carbocycles. The fourth-order valence-corrected chi connectivity index (χ4v) is 3.83. The van der Waals surface area contributed by atoms with E-state index < -0.39 is 0 Å². The van der Waals surface area contributed by atoms with Gasteiger partial charge in [0, 0.05) is 26.5 Å². The van der Waals surface area contributed by atoms with Crippen molar-refractivity contribution in [1.82, 2.24) is 5.32 Å². The minimum atomic E-state index is 0.246. The Morgan fingerprint density at radius 3 is 2.74 bits per heavy atom. The molecule has 1 N–H and O–H groups in total. The van der Waals surface area contributed by atoms with E-state index in [2.05, 4.69) is 58.7 Å². The Balaban J connectivity index is 1.98. The Labute approximate surface area is 132 Å². The Morgan fingerprint density at radius 1 is 1.32 bits per heavy atom. The molecule has 2 unspecified atom stereocenters. The Bertz CT molecular complexity index is 527. The molecule has 102 valence electrons. The zero-order valence-corrected chi connectivity index (χ0v) is 14.1. The van der Waals surface area contributed by atoms with Gasteiger partial charge in [-0.3, -0.25) is 0 Å². The number of benzene rings is 1. The van der Waals surface area contributed by atoms with Gasteiger partial charge in [0.1, 0.15) is 0 Å². The monoisotopic (exact) mass is 357 g/mol. The quantitative estimate of drug-likeness (QED) is 0.749. The van der Waals surface area contributed by atoms with Crippen LogP contribution in [0.4, 0.5) is 0 Å². The van der Waals surface area contributed by atoms with Crippen molar-refractivity contribution in [3.63, 3.8) is 0 Å². The van der Waals surface area contributed by atoms with E-state index in [-0.39, 0.29) is 6.04 Å². The van der Waals surface area contributed by atoms with Crippen LogP contribution in [-0.2, 0) is 6.42 Å². The third-order valence-corrected chi connectivity index (χ3v) is 4.77. The van der Waals surface area contributed by atoms with Gasteiger partial charge in [-0.15, -0.1) is 11.3 Å². The number of rotatable bonds is 5. The predicted molar refractivity (Wildman–Crippen MR) is 88.2 cm³/mol. The maximum atomic E-state index is 6.28. The Morgan fingerprint density at radius 2 is 2.11 bits per heavy atom. The van der Waals surface area contributed by atoms with Crippen LogP contribution in [0.5, 0.6) is 0 Å². The van der Waals surface area contributed by atoms with Crippen molar-refractivity contribution in [2.24, 2.45) is 0 Å². The summed E-state index contributed by atoms with van der Waals surface area (Å²) in [6.45, 7) is 4.36. The van der Waals surface area contributed by atoms with Gasteiger partial charge in [0.05, 0.1) is 0 Å². The van der Waals surface area contributed by atoms with E-state index in [9.17, 15) is 0 Å². The fraction of sp³-hybridized carbons (Fsp3) is 0.333. The molecule has 1 aromatic heterocycles. The molecule has 2 rings (SSSR count). The summed E-state index contributed by atoms with van der Waals surface area (Å²) >= 11 is 11.5. The molecular weight excluding hydrogens is 342 g/mol. The summed E-state index contributed by atoms with van der Waals surface area (Å²) in [6, 6.07) is 11.0. The molecule has 4 heteroatoms. The maximum absolute atomic E-state index is 6.28. The normalized spacial score (nSPS) is 14.3. The lowest BCUT2D eigenvalue weighted by molar-refractivity contribution is 0.479. The average Bonchev–Trinajstić information content (AvgIpc) is 2.81. The van der Waals surface area contributed by atoms with Crippen molar-refractivity contribution in [2.75, 3.05) is 0 Å². The second kappa shape index (κ2) is 6.89. The first-order valence-corrected chi connectivity index (χ1v) is 8.34. The third kappa shape index (κ3) is 4.32. The van der Waals surface area contributed by atoms with Crippen LogP contribution in [0.15, 0.2) is 40.2 Å². The molecular formula is C15H17BrClNS. The van der Waals surface area contributed by atoms with E-state index in [1.54, 1.807) is 11.3 Å². The SMILES string of the molecule is CC(Cc1cccs1)NC(C)c1ccc(Br)cc1Cl. The van der Waals surface area contributed by atoms with Crippen LogP contribution in [0.1, 0.15) is 30.3 Å². The van der Waals surface area contributed by atoms with Crippen LogP contribution in [-0.4, -0.2) is 6.04 Å². The topological polar surface area (TPSA) is 12.0 Å². The average molecular weight is 359 g/mol. The van der Waals surface area contributed by atoms with Crippen molar-refractivity contribution in [3.8, 4) is 0 Å². The van der Waals surface area contributed by atoms with Crippen LogP contribution >= 0.6 is 38.9 Å². The molecule has 0 fully saturated rings. The van der Waals surface area contributed by atoms with Crippen LogP contribution in [0.3, 0.4) is 0 Å². The highest BCUT2D eigenvalue weighted by molar-refractivity contribution is 9.10. The van der Waals surface area contributed by atoms with E-state index >= 15 is 0 Å². The Kier molecular flexibility index (Phi) is 5.46. The lowest BCUT2D eigenvalue weighted by Crippen LogP contribution is -2.30. The van der Waals surface area contributed by atoms with Gasteiger partial charge >= 0.3 is 0 Å². The summed E-state index contributed by atoms with van der Waals surface area (Å²) in [7, 11) is 0. The number of thiophene rings is 1. The maximum Gasteiger partial charge on any atom is 0.0464 e. The lowest BCUT2D eigenvalue weighted by Gasteiger charge is -2.21. The number of halogens is 2. The minimum absolute atomic E-state index is 0.246. The van der Waals surface area contributed by atoms with Crippen molar-refractivity contribution in [1.29, 1.82) is 0 Å². The largest absolute Gasteiger partial charge is 0.307 e. The van der Waals surface area contributed by atoms with Crippen molar-refractivity contribution in [2.45, 2.75) is 32.4 Å². The molecule has 0 bridgehead atoms. The standard InChI is InChI=1S/C15H17BrClNS/c1-10(8-13-4-3-7-19-13)18-11(2)14-6-5-12(16)9-15(14)17/h3-7,9-11,18H,8H2,1-2H3. The smallest absolute Gasteiger partial charge is 0.0464 e. The molecule has 1 nitrogen and oxygen atoms in total. The third-order valence-electron chi connectivity index (χ3n) is 3.05. The van der Waals surface area contributed by atoms with Gasteiger partial charge in [-0.1, -0.05) is 39.7 Å². The minimum Gasteiger partial charge on any atom is -0.307 e.